The summed E-state index contributed by atoms with van der Waals surface area (Å²) in [4.78, 5) is 26.7. The van der Waals surface area contributed by atoms with E-state index in [1.165, 1.54) is 17.0 Å². The van der Waals surface area contributed by atoms with Crippen molar-refractivity contribution in [3.05, 3.63) is 34.1 Å². The molecule has 0 aromatic heterocycles. The SMILES string of the molecule is CC(C)(C)NC(=O)C1CCCCN1C(=O)c1cc(Br)ccc1F. The van der Waals surface area contributed by atoms with Crippen LogP contribution in [0, 0.1) is 5.82 Å². The third kappa shape index (κ3) is 4.53. The van der Waals surface area contributed by atoms with Gasteiger partial charge in [-0.25, -0.2) is 4.39 Å². The Balaban J connectivity index is 2.25. The molecule has 6 heteroatoms. The predicted molar refractivity (Wildman–Crippen MR) is 90.7 cm³/mol. The van der Waals surface area contributed by atoms with E-state index >= 15 is 0 Å². The molecule has 1 fully saturated rings. The zero-order valence-corrected chi connectivity index (χ0v) is 15.2. The van der Waals surface area contributed by atoms with Gasteiger partial charge in [0, 0.05) is 16.6 Å². The van der Waals surface area contributed by atoms with E-state index < -0.39 is 17.8 Å². The molecule has 0 spiro atoms. The zero-order valence-electron chi connectivity index (χ0n) is 13.7. The van der Waals surface area contributed by atoms with E-state index in [1.54, 1.807) is 6.07 Å². The number of amides is 2. The van der Waals surface area contributed by atoms with Crippen LogP contribution in [-0.4, -0.2) is 34.8 Å². The van der Waals surface area contributed by atoms with Crippen molar-refractivity contribution >= 4 is 27.7 Å². The van der Waals surface area contributed by atoms with Crippen LogP contribution in [0.2, 0.25) is 0 Å². The third-order valence-electron chi connectivity index (χ3n) is 3.72. The van der Waals surface area contributed by atoms with Crippen LogP contribution in [0.1, 0.15) is 50.4 Å². The van der Waals surface area contributed by atoms with Crippen molar-refractivity contribution < 1.29 is 14.0 Å². The van der Waals surface area contributed by atoms with Crippen LogP contribution < -0.4 is 5.32 Å². The van der Waals surface area contributed by atoms with Gasteiger partial charge < -0.3 is 10.2 Å². The molecular weight excluding hydrogens is 363 g/mol. The molecule has 1 aliphatic heterocycles. The molecule has 1 heterocycles. The van der Waals surface area contributed by atoms with Gasteiger partial charge in [-0.15, -0.1) is 0 Å². The third-order valence-corrected chi connectivity index (χ3v) is 4.22. The molecular formula is C17H22BrFN2O2. The van der Waals surface area contributed by atoms with Crippen molar-refractivity contribution in [2.24, 2.45) is 0 Å². The lowest BCUT2D eigenvalue weighted by Gasteiger charge is -2.36. The smallest absolute Gasteiger partial charge is 0.257 e. The maximum atomic E-state index is 14.0. The molecule has 0 aliphatic carbocycles. The summed E-state index contributed by atoms with van der Waals surface area (Å²) in [7, 11) is 0. The molecule has 1 N–H and O–H groups in total. The van der Waals surface area contributed by atoms with Crippen molar-refractivity contribution in [1.82, 2.24) is 10.2 Å². The Labute approximate surface area is 144 Å². The number of piperidine rings is 1. The summed E-state index contributed by atoms with van der Waals surface area (Å²) in [5.74, 6) is -1.18. The number of rotatable bonds is 2. The van der Waals surface area contributed by atoms with E-state index in [-0.39, 0.29) is 17.0 Å². The van der Waals surface area contributed by atoms with Crippen LogP contribution in [0.4, 0.5) is 4.39 Å². The second-order valence-electron chi connectivity index (χ2n) is 6.87. The molecule has 2 amide bonds. The molecule has 1 aromatic carbocycles. The van der Waals surface area contributed by atoms with Gasteiger partial charge in [0.15, 0.2) is 0 Å². The van der Waals surface area contributed by atoms with Gasteiger partial charge in [-0.1, -0.05) is 15.9 Å². The van der Waals surface area contributed by atoms with E-state index in [2.05, 4.69) is 21.2 Å². The molecule has 1 saturated heterocycles. The van der Waals surface area contributed by atoms with E-state index in [1.807, 2.05) is 20.8 Å². The maximum Gasteiger partial charge on any atom is 0.257 e. The number of nitrogens with one attached hydrogen (secondary N) is 1. The summed E-state index contributed by atoms with van der Waals surface area (Å²) in [6.45, 7) is 6.16. The number of hydrogen-bond donors (Lipinski definition) is 1. The first-order valence-electron chi connectivity index (χ1n) is 7.77. The molecule has 126 valence electrons. The molecule has 4 nitrogen and oxygen atoms in total. The minimum Gasteiger partial charge on any atom is -0.350 e. The molecule has 2 rings (SSSR count). The summed E-state index contributed by atoms with van der Waals surface area (Å²) in [5, 5.41) is 2.92. The van der Waals surface area contributed by atoms with E-state index in [0.29, 0.717) is 17.4 Å². The lowest BCUT2D eigenvalue weighted by Crippen LogP contribution is -2.55. The minimum atomic E-state index is -0.571. The molecule has 1 aliphatic rings. The first kappa shape index (κ1) is 17.9. The number of halogens is 2. The van der Waals surface area contributed by atoms with Crippen molar-refractivity contribution in [2.45, 2.75) is 51.6 Å². The number of benzene rings is 1. The van der Waals surface area contributed by atoms with Crippen LogP contribution in [0.25, 0.3) is 0 Å². The Morgan fingerprint density at radius 1 is 1.30 bits per heavy atom. The van der Waals surface area contributed by atoms with Gasteiger partial charge in [0.25, 0.3) is 5.91 Å². The lowest BCUT2D eigenvalue weighted by atomic mass is 9.98. The lowest BCUT2D eigenvalue weighted by molar-refractivity contribution is -0.128. The second-order valence-corrected chi connectivity index (χ2v) is 7.79. The average molecular weight is 385 g/mol. The van der Waals surface area contributed by atoms with Crippen LogP contribution in [0.5, 0.6) is 0 Å². The molecule has 1 atom stereocenters. The average Bonchev–Trinajstić information content (AvgIpc) is 2.47. The second kappa shape index (κ2) is 6.99. The minimum absolute atomic E-state index is 0.00478. The number of hydrogen-bond acceptors (Lipinski definition) is 2. The molecule has 1 aromatic rings. The quantitative estimate of drug-likeness (QED) is 0.847. The highest BCUT2D eigenvalue weighted by Gasteiger charge is 2.34. The summed E-state index contributed by atoms with van der Waals surface area (Å²) < 4.78 is 14.6. The predicted octanol–water partition coefficient (Wildman–Crippen LogP) is 3.50. The Kier molecular flexibility index (Phi) is 5.45. The van der Waals surface area contributed by atoms with Crippen LogP contribution in [0.15, 0.2) is 22.7 Å². The van der Waals surface area contributed by atoms with Crippen LogP contribution in [0.3, 0.4) is 0 Å². The summed E-state index contributed by atoms with van der Waals surface area (Å²) in [5.41, 5.74) is -0.376. The molecule has 23 heavy (non-hydrogen) atoms. The summed E-state index contributed by atoms with van der Waals surface area (Å²) >= 11 is 3.26. The van der Waals surface area contributed by atoms with Gasteiger partial charge in [-0.2, -0.15) is 0 Å². The van der Waals surface area contributed by atoms with Gasteiger partial charge in [0.05, 0.1) is 5.56 Å². The zero-order chi connectivity index (χ0) is 17.2. The first-order chi connectivity index (χ1) is 10.7. The highest BCUT2D eigenvalue weighted by Crippen LogP contribution is 2.23. The van der Waals surface area contributed by atoms with E-state index in [0.717, 1.165) is 12.8 Å². The normalized spacial score (nSPS) is 18.7. The van der Waals surface area contributed by atoms with Crippen molar-refractivity contribution in [2.75, 3.05) is 6.54 Å². The molecule has 0 radical (unpaired) electrons. The van der Waals surface area contributed by atoms with Gasteiger partial charge in [-0.3, -0.25) is 9.59 Å². The van der Waals surface area contributed by atoms with Gasteiger partial charge >= 0.3 is 0 Å². The fourth-order valence-corrected chi connectivity index (χ4v) is 3.08. The Morgan fingerprint density at radius 2 is 2.00 bits per heavy atom. The number of carbonyl (C=O) groups excluding carboxylic acids is 2. The Morgan fingerprint density at radius 3 is 2.65 bits per heavy atom. The fourth-order valence-electron chi connectivity index (χ4n) is 2.72. The molecule has 1 unspecified atom stereocenters. The Bertz CT molecular complexity index is 613. The number of carbonyl (C=O) groups is 2. The van der Waals surface area contributed by atoms with Gasteiger partial charge in [0.2, 0.25) is 5.91 Å². The van der Waals surface area contributed by atoms with Gasteiger partial charge in [0.1, 0.15) is 11.9 Å². The largest absolute Gasteiger partial charge is 0.350 e. The summed E-state index contributed by atoms with van der Waals surface area (Å²) in [6.07, 6.45) is 2.30. The molecule has 0 saturated carbocycles. The molecule has 0 bridgehead atoms. The summed E-state index contributed by atoms with van der Waals surface area (Å²) in [6, 6.07) is 3.72. The highest BCUT2D eigenvalue weighted by atomic mass is 79.9. The maximum absolute atomic E-state index is 14.0. The first-order valence-corrected chi connectivity index (χ1v) is 8.56. The van der Waals surface area contributed by atoms with Crippen molar-refractivity contribution in [1.29, 1.82) is 0 Å². The topological polar surface area (TPSA) is 49.4 Å². The monoisotopic (exact) mass is 384 g/mol. The number of nitrogens with zero attached hydrogens (tertiary/aromatic N) is 1. The van der Waals surface area contributed by atoms with Gasteiger partial charge in [-0.05, 0) is 58.2 Å². The number of likely N-dealkylation sites (tertiary alicyclic amines) is 1. The highest BCUT2D eigenvalue weighted by molar-refractivity contribution is 9.10. The van der Waals surface area contributed by atoms with E-state index in [4.69, 9.17) is 0 Å². The van der Waals surface area contributed by atoms with E-state index in [9.17, 15) is 14.0 Å². The fraction of sp³-hybridized carbons (Fsp3) is 0.529. The van der Waals surface area contributed by atoms with Crippen molar-refractivity contribution in [3.63, 3.8) is 0 Å². The van der Waals surface area contributed by atoms with Crippen molar-refractivity contribution in [3.8, 4) is 0 Å². The Hall–Kier alpha value is -1.43. The van der Waals surface area contributed by atoms with Crippen LogP contribution in [-0.2, 0) is 4.79 Å². The van der Waals surface area contributed by atoms with Crippen LogP contribution >= 0.6 is 15.9 Å². The standard InChI is InChI=1S/C17H22BrFN2O2/c1-17(2,3)20-15(22)14-6-4-5-9-21(14)16(23)12-10-11(18)7-8-13(12)19/h7-8,10,14H,4-6,9H2,1-3H3,(H,20,22).